The number of nitrogens with one attached hydrogen (secondary N) is 1. The van der Waals surface area contributed by atoms with Crippen molar-refractivity contribution in [3.05, 3.63) is 51.5 Å². The van der Waals surface area contributed by atoms with Crippen molar-refractivity contribution in [3.63, 3.8) is 0 Å². The van der Waals surface area contributed by atoms with Gasteiger partial charge in [-0.3, -0.25) is 9.59 Å². The fourth-order valence-electron chi connectivity index (χ4n) is 1.89. The van der Waals surface area contributed by atoms with Crippen molar-refractivity contribution in [1.82, 2.24) is 0 Å². The zero-order chi connectivity index (χ0) is 17.7. The quantitative estimate of drug-likeness (QED) is 0.761. The van der Waals surface area contributed by atoms with Crippen LogP contribution < -0.4 is 20.5 Å². The number of methoxy groups -OCH3 is 1. The summed E-state index contributed by atoms with van der Waals surface area (Å²) in [5, 5.41) is 3.17. The molecule has 2 amide bonds. The van der Waals surface area contributed by atoms with Gasteiger partial charge in [0.25, 0.3) is 11.8 Å². The summed E-state index contributed by atoms with van der Waals surface area (Å²) < 4.78 is 11.0. The van der Waals surface area contributed by atoms with E-state index in [-0.39, 0.29) is 12.5 Å². The highest BCUT2D eigenvalue weighted by Crippen LogP contribution is 2.31. The van der Waals surface area contributed by atoms with Crippen molar-refractivity contribution in [2.45, 2.75) is 0 Å². The van der Waals surface area contributed by atoms with Crippen LogP contribution in [0.25, 0.3) is 0 Å². The normalized spacial score (nSPS) is 10.1. The number of anilines is 1. The van der Waals surface area contributed by atoms with Crippen LogP contribution in [0.3, 0.4) is 0 Å². The van der Waals surface area contributed by atoms with Crippen LogP contribution in [0.5, 0.6) is 11.5 Å². The number of nitrogens with two attached hydrogens (primary N) is 1. The predicted molar refractivity (Wildman–Crippen MR) is 94.8 cm³/mol. The first-order valence-corrected chi connectivity index (χ1v) is 7.93. The molecule has 126 valence electrons. The number of rotatable bonds is 6. The van der Waals surface area contributed by atoms with Crippen LogP contribution in [-0.4, -0.2) is 25.5 Å². The van der Waals surface area contributed by atoms with E-state index >= 15 is 0 Å². The molecule has 0 heterocycles. The summed E-state index contributed by atoms with van der Waals surface area (Å²) in [5.41, 5.74) is 5.92. The van der Waals surface area contributed by atoms with Crippen molar-refractivity contribution >= 4 is 45.0 Å². The Morgan fingerprint density at radius 1 is 1.21 bits per heavy atom. The highest BCUT2D eigenvalue weighted by atomic mass is 79.9. The van der Waals surface area contributed by atoms with Gasteiger partial charge in [0, 0.05) is 21.2 Å². The molecule has 0 aliphatic heterocycles. The summed E-state index contributed by atoms with van der Waals surface area (Å²) in [6.45, 7) is -0.298. The van der Waals surface area contributed by atoms with E-state index in [0.717, 1.165) is 0 Å². The van der Waals surface area contributed by atoms with E-state index in [1.54, 1.807) is 30.3 Å². The van der Waals surface area contributed by atoms with E-state index in [0.29, 0.717) is 32.2 Å². The average molecular weight is 414 g/mol. The summed E-state index contributed by atoms with van der Waals surface area (Å²) in [7, 11) is 1.47. The molecular formula is C16H14BrClN2O4. The molecule has 0 radical (unpaired) electrons. The minimum atomic E-state index is -0.616. The van der Waals surface area contributed by atoms with Crippen molar-refractivity contribution < 1.29 is 19.1 Å². The van der Waals surface area contributed by atoms with Gasteiger partial charge in [0.15, 0.2) is 18.1 Å². The second-order valence-electron chi connectivity index (χ2n) is 4.70. The smallest absolute Gasteiger partial charge is 0.256 e. The monoisotopic (exact) mass is 412 g/mol. The molecule has 0 bridgehead atoms. The summed E-state index contributed by atoms with van der Waals surface area (Å²) in [6.07, 6.45) is 0. The lowest BCUT2D eigenvalue weighted by Gasteiger charge is -2.12. The zero-order valence-corrected chi connectivity index (χ0v) is 15.0. The van der Waals surface area contributed by atoms with E-state index in [4.69, 9.17) is 26.8 Å². The van der Waals surface area contributed by atoms with Gasteiger partial charge in [0.2, 0.25) is 0 Å². The first-order chi connectivity index (χ1) is 11.4. The molecule has 0 saturated heterocycles. The van der Waals surface area contributed by atoms with Crippen molar-refractivity contribution in [1.29, 1.82) is 0 Å². The second kappa shape index (κ2) is 8.03. The van der Waals surface area contributed by atoms with Gasteiger partial charge in [0.1, 0.15) is 0 Å². The summed E-state index contributed by atoms with van der Waals surface area (Å²) in [5.74, 6) is -0.262. The molecule has 0 fully saturated rings. The Morgan fingerprint density at radius 2 is 1.96 bits per heavy atom. The molecule has 0 aliphatic rings. The molecule has 24 heavy (non-hydrogen) atoms. The minimum Gasteiger partial charge on any atom is -0.493 e. The predicted octanol–water partition coefficient (Wildman–Crippen LogP) is 3.23. The highest BCUT2D eigenvalue weighted by Gasteiger charge is 2.13. The Labute approximate surface area is 152 Å². The van der Waals surface area contributed by atoms with Gasteiger partial charge in [-0.15, -0.1) is 0 Å². The van der Waals surface area contributed by atoms with Gasteiger partial charge in [-0.2, -0.15) is 0 Å². The molecule has 2 aromatic rings. The lowest BCUT2D eigenvalue weighted by Crippen LogP contribution is -2.20. The second-order valence-corrected chi connectivity index (χ2v) is 5.99. The zero-order valence-electron chi connectivity index (χ0n) is 12.6. The molecule has 0 spiro atoms. The standard InChI is InChI=1S/C16H14BrClN2O4/c1-23-13-5-3-10(7-14(13)24-8-15(19)21)20-16(22)11-6-9(18)2-4-12(11)17/h2-7H,8H2,1H3,(H2,19,21)(H,20,22). The molecule has 6 nitrogen and oxygen atoms in total. The maximum atomic E-state index is 12.4. The van der Waals surface area contributed by atoms with Gasteiger partial charge < -0.3 is 20.5 Å². The Kier molecular flexibility index (Phi) is 6.05. The lowest BCUT2D eigenvalue weighted by atomic mass is 10.2. The van der Waals surface area contributed by atoms with Crippen LogP contribution in [0.2, 0.25) is 5.02 Å². The Hall–Kier alpha value is -2.25. The number of carbonyl (C=O) groups excluding carboxylic acids is 2. The van der Waals surface area contributed by atoms with Crippen molar-refractivity contribution in [2.24, 2.45) is 5.73 Å². The largest absolute Gasteiger partial charge is 0.493 e. The van der Waals surface area contributed by atoms with Crippen LogP contribution in [0, 0.1) is 0 Å². The number of ether oxygens (including phenoxy) is 2. The Morgan fingerprint density at radius 3 is 2.62 bits per heavy atom. The van der Waals surface area contributed by atoms with Gasteiger partial charge in [-0.1, -0.05) is 11.6 Å². The number of halogens is 2. The molecule has 2 aromatic carbocycles. The van der Waals surface area contributed by atoms with Crippen LogP contribution in [-0.2, 0) is 4.79 Å². The third kappa shape index (κ3) is 4.62. The van der Waals surface area contributed by atoms with E-state index < -0.39 is 5.91 Å². The molecule has 0 atom stereocenters. The van der Waals surface area contributed by atoms with Crippen LogP contribution in [0.1, 0.15) is 10.4 Å². The number of primary amides is 1. The fourth-order valence-corrected chi connectivity index (χ4v) is 2.48. The van der Waals surface area contributed by atoms with Crippen LogP contribution >= 0.6 is 27.5 Å². The maximum Gasteiger partial charge on any atom is 0.256 e. The number of carbonyl (C=O) groups is 2. The first-order valence-electron chi connectivity index (χ1n) is 6.76. The molecule has 0 aromatic heterocycles. The lowest BCUT2D eigenvalue weighted by molar-refractivity contribution is -0.119. The third-order valence-corrected chi connectivity index (χ3v) is 3.89. The number of benzene rings is 2. The minimum absolute atomic E-state index is 0.291. The van der Waals surface area contributed by atoms with E-state index in [1.807, 2.05) is 0 Å². The van der Waals surface area contributed by atoms with Gasteiger partial charge >= 0.3 is 0 Å². The summed E-state index contributed by atoms with van der Waals surface area (Å²) in [6, 6.07) is 9.70. The third-order valence-electron chi connectivity index (χ3n) is 2.96. The summed E-state index contributed by atoms with van der Waals surface area (Å²) >= 11 is 9.23. The van der Waals surface area contributed by atoms with Crippen molar-refractivity contribution in [2.75, 3.05) is 19.0 Å². The number of hydrogen-bond acceptors (Lipinski definition) is 4. The number of amides is 2. The van der Waals surface area contributed by atoms with Crippen LogP contribution in [0.15, 0.2) is 40.9 Å². The topological polar surface area (TPSA) is 90.7 Å². The average Bonchev–Trinajstić information content (AvgIpc) is 2.55. The van der Waals surface area contributed by atoms with E-state index in [1.165, 1.54) is 13.2 Å². The molecule has 0 saturated carbocycles. The van der Waals surface area contributed by atoms with Gasteiger partial charge in [-0.25, -0.2) is 0 Å². The van der Waals surface area contributed by atoms with Gasteiger partial charge in [0.05, 0.1) is 12.7 Å². The van der Waals surface area contributed by atoms with Crippen molar-refractivity contribution in [3.8, 4) is 11.5 Å². The fraction of sp³-hybridized carbons (Fsp3) is 0.125. The number of hydrogen-bond donors (Lipinski definition) is 2. The Balaban J connectivity index is 2.22. The van der Waals surface area contributed by atoms with Crippen LogP contribution in [0.4, 0.5) is 5.69 Å². The maximum absolute atomic E-state index is 12.4. The molecular weight excluding hydrogens is 400 g/mol. The van der Waals surface area contributed by atoms with E-state index in [2.05, 4.69) is 21.2 Å². The molecule has 3 N–H and O–H groups in total. The molecule has 8 heteroatoms. The molecule has 0 unspecified atom stereocenters. The summed E-state index contributed by atoms with van der Waals surface area (Å²) in [4.78, 5) is 23.2. The molecule has 0 aliphatic carbocycles. The van der Waals surface area contributed by atoms with Gasteiger partial charge in [-0.05, 0) is 46.3 Å². The highest BCUT2D eigenvalue weighted by molar-refractivity contribution is 9.10. The molecule has 2 rings (SSSR count). The first kappa shape index (κ1) is 18.1. The Bertz CT molecular complexity index is 783. The SMILES string of the molecule is COc1ccc(NC(=O)c2cc(Cl)ccc2Br)cc1OCC(N)=O. The van der Waals surface area contributed by atoms with E-state index in [9.17, 15) is 9.59 Å².